The smallest absolute Gasteiger partial charge is 0.255 e. The fourth-order valence-electron chi connectivity index (χ4n) is 3.08. The molecule has 2 aromatic heterocycles. The highest BCUT2D eigenvalue weighted by molar-refractivity contribution is 6.05. The van der Waals surface area contributed by atoms with Gasteiger partial charge >= 0.3 is 0 Å². The van der Waals surface area contributed by atoms with Crippen molar-refractivity contribution in [1.29, 1.82) is 0 Å². The van der Waals surface area contributed by atoms with Gasteiger partial charge in [-0.15, -0.1) is 0 Å². The standard InChI is InChI=1S/C18H18N6O/c1-11-8-9-14(21-11)16-15(12(2)22-18-19-10-20-24(16)18)17(25)23-13-6-4-3-5-7-13/h3-10,16,21H,1-2H3,(H,23,25)(H,19,20,22)/t16-/m0/s1. The quantitative estimate of drug-likeness (QED) is 0.687. The van der Waals surface area contributed by atoms with Gasteiger partial charge in [-0.1, -0.05) is 18.2 Å². The predicted octanol–water partition coefficient (Wildman–Crippen LogP) is 2.84. The Kier molecular flexibility index (Phi) is 3.61. The minimum atomic E-state index is -0.365. The lowest BCUT2D eigenvalue weighted by atomic mass is 9.99. The van der Waals surface area contributed by atoms with Gasteiger partial charge in [0, 0.05) is 22.8 Å². The first-order valence-electron chi connectivity index (χ1n) is 8.02. The average Bonchev–Trinajstić information content (AvgIpc) is 3.23. The molecule has 1 amide bonds. The van der Waals surface area contributed by atoms with Crippen molar-refractivity contribution in [3.63, 3.8) is 0 Å². The topological polar surface area (TPSA) is 87.6 Å². The Labute approximate surface area is 144 Å². The van der Waals surface area contributed by atoms with Gasteiger partial charge in [0.15, 0.2) is 0 Å². The summed E-state index contributed by atoms with van der Waals surface area (Å²) >= 11 is 0. The highest BCUT2D eigenvalue weighted by Gasteiger charge is 2.34. The fraction of sp³-hybridized carbons (Fsp3) is 0.167. The predicted molar refractivity (Wildman–Crippen MR) is 95.1 cm³/mol. The molecule has 0 bridgehead atoms. The van der Waals surface area contributed by atoms with E-state index in [1.807, 2.05) is 56.3 Å². The maximum absolute atomic E-state index is 13.0. The van der Waals surface area contributed by atoms with Gasteiger partial charge in [-0.2, -0.15) is 10.1 Å². The molecule has 0 radical (unpaired) electrons. The lowest BCUT2D eigenvalue weighted by Gasteiger charge is -2.27. The number of carbonyl (C=O) groups excluding carboxylic acids is 1. The summed E-state index contributed by atoms with van der Waals surface area (Å²) in [5.41, 5.74) is 4.02. The number of nitrogens with zero attached hydrogens (tertiary/aromatic N) is 3. The molecule has 0 unspecified atom stereocenters. The summed E-state index contributed by atoms with van der Waals surface area (Å²) in [5, 5.41) is 10.4. The summed E-state index contributed by atoms with van der Waals surface area (Å²) in [7, 11) is 0. The third-order valence-electron chi connectivity index (χ3n) is 4.22. The number of H-pyrrole nitrogens is 1. The van der Waals surface area contributed by atoms with Crippen LogP contribution in [0.1, 0.15) is 24.4 Å². The van der Waals surface area contributed by atoms with E-state index in [0.29, 0.717) is 11.5 Å². The molecule has 1 aliphatic rings. The second-order valence-electron chi connectivity index (χ2n) is 6.01. The molecule has 3 heterocycles. The van der Waals surface area contributed by atoms with Gasteiger partial charge in [-0.3, -0.25) is 4.79 Å². The first-order chi connectivity index (χ1) is 12.1. The molecule has 0 saturated carbocycles. The van der Waals surface area contributed by atoms with Crippen LogP contribution < -0.4 is 10.6 Å². The summed E-state index contributed by atoms with van der Waals surface area (Å²) in [6.45, 7) is 3.86. The van der Waals surface area contributed by atoms with Crippen molar-refractivity contribution in [3.8, 4) is 0 Å². The van der Waals surface area contributed by atoms with Crippen LogP contribution in [0.2, 0.25) is 0 Å². The molecule has 126 valence electrons. The van der Waals surface area contributed by atoms with Crippen molar-refractivity contribution in [1.82, 2.24) is 19.7 Å². The minimum Gasteiger partial charge on any atom is -0.360 e. The normalized spacial score (nSPS) is 16.3. The molecule has 3 aromatic rings. The van der Waals surface area contributed by atoms with E-state index >= 15 is 0 Å². The van der Waals surface area contributed by atoms with Crippen LogP contribution in [0.5, 0.6) is 0 Å². The minimum absolute atomic E-state index is 0.172. The maximum Gasteiger partial charge on any atom is 0.255 e. The Morgan fingerprint density at radius 2 is 1.96 bits per heavy atom. The van der Waals surface area contributed by atoms with E-state index in [4.69, 9.17) is 0 Å². The van der Waals surface area contributed by atoms with Gasteiger partial charge in [-0.25, -0.2) is 4.68 Å². The van der Waals surface area contributed by atoms with Gasteiger partial charge in [0.2, 0.25) is 5.95 Å². The van der Waals surface area contributed by atoms with Crippen LogP contribution in [0.4, 0.5) is 11.6 Å². The van der Waals surface area contributed by atoms with E-state index in [2.05, 4.69) is 25.7 Å². The van der Waals surface area contributed by atoms with Crippen LogP contribution in [0.25, 0.3) is 0 Å². The molecular formula is C18H18N6O. The van der Waals surface area contributed by atoms with E-state index < -0.39 is 0 Å². The fourth-order valence-corrected chi connectivity index (χ4v) is 3.08. The summed E-state index contributed by atoms with van der Waals surface area (Å²) in [6, 6.07) is 13.0. The molecule has 1 aliphatic heterocycles. The monoisotopic (exact) mass is 334 g/mol. The molecular weight excluding hydrogens is 316 g/mol. The van der Waals surface area contributed by atoms with Crippen molar-refractivity contribution in [2.24, 2.45) is 0 Å². The summed E-state index contributed by atoms with van der Waals surface area (Å²) < 4.78 is 1.72. The highest BCUT2D eigenvalue weighted by atomic mass is 16.1. The number of hydrogen-bond donors (Lipinski definition) is 3. The molecule has 7 nitrogen and oxygen atoms in total. The molecule has 7 heteroatoms. The number of aromatic nitrogens is 4. The zero-order valence-electron chi connectivity index (χ0n) is 13.9. The van der Waals surface area contributed by atoms with Crippen LogP contribution in [0, 0.1) is 6.92 Å². The summed E-state index contributed by atoms with van der Waals surface area (Å²) in [6.07, 6.45) is 1.48. The molecule has 1 atom stereocenters. The Balaban J connectivity index is 1.76. The van der Waals surface area contributed by atoms with Crippen molar-refractivity contribution in [3.05, 3.63) is 71.4 Å². The van der Waals surface area contributed by atoms with Crippen molar-refractivity contribution < 1.29 is 4.79 Å². The summed E-state index contributed by atoms with van der Waals surface area (Å²) in [4.78, 5) is 20.6. The second kappa shape index (κ2) is 5.94. The van der Waals surface area contributed by atoms with Crippen molar-refractivity contribution >= 4 is 17.5 Å². The number of allylic oxidation sites excluding steroid dienone is 1. The number of aromatic amines is 1. The number of hydrogen-bond acceptors (Lipinski definition) is 4. The number of aryl methyl sites for hydroxylation is 1. The van der Waals surface area contributed by atoms with Crippen molar-refractivity contribution in [2.75, 3.05) is 10.6 Å². The number of rotatable bonds is 3. The molecule has 0 fully saturated rings. The van der Waals surface area contributed by atoms with Gasteiger partial charge < -0.3 is 15.6 Å². The maximum atomic E-state index is 13.0. The number of fused-ring (bicyclic) bond motifs is 1. The lowest BCUT2D eigenvalue weighted by molar-refractivity contribution is -0.113. The van der Waals surface area contributed by atoms with Crippen LogP contribution in [-0.2, 0) is 4.79 Å². The number of carbonyl (C=O) groups is 1. The Morgan fingerprint density at radius 1 is 1.16 bits per heavy atom. The number of nitrogens with one attached hydrogen (secondary N) is 3. The summed E-state index contributed by atoms with van der Waals surface area (Å²) in [5.74, 6) is 0.445. The Hall–Kier alpha value is -3.35. The van der Waals surface area contributed by atoms with E-state index in [1.165, 1.54) is 6.33 Å². The van der Waals surface area contributed by atoms with Gasteiger partial charge in [0.25, 0.3) is 5.91 Å². The Morgan fingerprint density at radius 3 is 2.68 bits per heavy atom. The van der Waals surface area contributed by atoms with E-state index in [0.717, 1.165) is 22.8 Å². The zero-order chi connectivity index (χ0) is 17.4. The third-order valence-corrected chi connectivity index (χ3v) is 4.22. The number of anilines is 2. The molecule has 4 rings (SSSR count). The number of para-hydroxylation sites is 1. The third kappa shape index (κ3) is 2.69. The van der Waals surface area contributed by atoms with Crippen LogP contribution in [0.3, 0.4) is 0 Å². The van der Waals surface area contributed by atoms with Crippen LogP contribution >= 0.6 is 0 Å². The van der Waals surface area contributed by atoms with E-state index in [1.54, 1.807) is 4.68 Å². The first-order valence-corrected chi connectivity index (χ1v) is 8.02. The van der Waals surface area contributed by atoms with E-state index in [9.17, 15) is 4.79 Å². The van der Waals surface area contributed by atoms with E-state index in [-0.39, 0.29) is 11.9 Å². The van der Waals surface area contributed by atoms with Crippen LogP contribution in [-0.4, -0.2) is 25.7 Å². The molecule has 3 N–H and O–H groups in total. The first kappa shape index (κ1) is 15.2. The number of amides is 1. The zero-order valence-corrected chi connectivity index (χ0v) is 13.9. The average molecular weight is 334 g/mol. The van der Waals surface area contributed by atoms with Crippen molar-refractivity contribution in [2.45, 2.75) is 19.9 Å². The highest BCUT2D eigenvalue weighted by Crippen LogP contribution is 2.34. The van der Waals surface area contributed by atoms with Gasteiger partial charge in [0.1, 0.15) is 12.4 Å². The molecule has 25 heavy (non-hydrogen) atoms. The molecule has 0 spiro atoms. The lowest BCUT2D eigenvalue weighted by Crippen LogP contribution is -2.31. The molecule has 0 saturated heterocycles. The number of benzene rings is 1. The molecule has 0 aliphatic carbocycles. The SMILES string of the molecule is CC1=C(C(=O)Nc2ccccc2)[C@H](c2ccc(C)[nH]2)n2ncnc2N1. The Bertz CT molecular complexity index is 953. The van der Waals surface area contributed by atoms with Gasteiger partial charge in [0.05, 0.1) is 5.57 Å². The largest absolute Gasteiger partial charge is 0.360 e. The second-order valence-corrected chi connectivity index (χ2v) is 6.01. The van der Waals surface area contributed by atoms with Crippen LogP contribution in [0.15, 0.2) is 60.1 Å². The van der Waals surface area contributed by atoms with Gasteiger partial charge in [-0.05, 0) is 38.1 Å². The molecule has 1 aromatic carbocycles.